The molecule has 0 heterocycles. The van der Waals surface area contributed by atoms with Crippen molar-refractivity contribution < 1.29 is 12.8 Å². The molecule has 6 heteroatoms. The number of sulfonamides is 1. The van der Waals surface area contributed by atoms with Crippen LogP contribution in [0.2, 0.25) is 0 Å². The highest BCUT2D eigenvalue weighted by atomic mass is 32.2. The quantitative estimate of drug-likeness (QED) is 0.878. The average Bonchev–Trinajstić information content (AvgIpc) is 2.21. The van der Waals surface area contributed by atoms with Crippen LogP contribution in [-0.4, -0.2) is 13.7 Å². The number of hydrogen-bond donors (Lipinski definition) is 1. The van der Waals surface area contributed by atoms with Crippen LogP contribution in [0.25, 0.3) is 0 Å². The van der Waals surface area contributed by atoms with Gasteiger partial charge in [0.2, 0.25) is 10.0 Å². The molecule has 0 aromatic heterocycles. The summed E-state index contributed by atoms with van der Waals surface area (Å²) in [6.07, 6.45) is 0. The summed E-state index contributed by atoms with van der Waals surface area (Å²) in [5.74, 6) is -0.659. The van der Waals surface area contributed by atoms with Crippen LogP contribution in [0.4, 0.5) is 10.1 Å². The van der Waals surface area contributed by atoms with Gasteiger partial charge in [0.1, 0.15) is 5.82 Å². The smallest absolute Gasteiger partial charge is 0.248 e. The number of nitriles is 1. The highest BCUT2D eigenvalue weighted by Gasteiger charge is 2.21. The van der Waals surface area contributed by atoms with E-state index >= 15 is 0 Å². The molecule has 1 aromatic rings. The minimum Gasteiger partial charge on any atom is -0.279 e. The lowest BCUT2D eigenvalue weighted by molar-refractivity contribution is 0.594. The molecule has 16 heavy (non-hydrogen) atoms. The number of benzene rings is 1. The first-order valence-corrected chi connectivity index (χ1v) is 6.09. The van der Waals surface area contributed by atoms with Gasteiger partial charge in [0, 0.05) is 0 Å². The number of aryl methyl sites for hydroxylation is 1. The van der Waals surface area contributed by atoms with Gasteiger partial charge < -0.3 is 0 Å². The van der Waals surface area contributed by atoms with Crippen molar-refractivity contribution in [1.29, 1.82) is 5.26 Å². The van der Waals surface area contributed by atoms with Gasteiger partial charge in [-0.2, -0.15) is 5.26 Å². The van der Waals surface area contributed by atoms with Gasteiger partial charge in [-0.1, -0.05) is 6.07 Å². The zero-order valence-electron chi connectivity index (χ0n) is 8.86. The Kier molecular flexibility index (Phi) is 3.50. The van der Waals surface area contributed by atoms with Gasteiger partial charge in [-0.25, -0.2) is 12.8 Å². The minimum atomic E-state index is -3.85. The lowest BCUT2D eigenvalue weighted by Crippen LogP contribution is -2.24. The van der Waals surface area contributed by atoms with E-state index in [4.69, 9.17) is 5.26 Å². The van der Waals surface area contributed by atoms with Crippen LogP contribution >= 0.6 is 0 Å². The van der Waals surface area contributed by atoms with E-state index in [2.05, 4.69) is 0 Å². The highest BCUT2D eigenvalue weighted by molar-refractivity contribution is 7.93. The minimum absolute atomic E-state index is 0.146. The van der Waals surface area contributed by atoms with Crippen LogP contribution in [0.3, 0.4) is 0 Å². The molecule has 1 unspecified atom stereocenters. The molecule has 1 rings (SSSR count). The molecule has 0 saturated heterocycles. The Morgan fingerprint density at radius 1 is 1.50 bits per heavy atom. The Balaban J connectivity index is 3.03. The van der Waals surface area contributed by atoms with Gasteiger partial charge >= 0.3 is 0 Å². The standard InChI is InChI=1S/C10H11FN2O2S/c1-7-3-4-10(9(11)5-7)13-16(14,15)8(2)6-12/h3-5,8,13H,1-2H3. The second kappa shape index (κ2) is 4.49. The number of anilines is 1. The highest BCUT2D eigenvalue weighted by Crippen LogP contribution is 2.17. The molecule has 0 aliphatic rings. The molecule has 1 atom stereocenters. The van der Waals surface area contributed by atoms with E-state index in [-0.39, 0.29) is 5.69 Å². The maximum Gasteiger partial charge on any atom is 0.248 e. The third-order valence-electron chi connectivity index (χ3n) is 2.02. The van der Waals surface area contributed by atoms with Crippen molar-refractivity contribution >= 4 is 15.7 Å². The van der Waals surface area contributed by atoms with E-state index in [1.54, 1.807) is 19.1 Å². The lowest BCUT2D eigenvalue weighted by atomic mass is 10.2. The fraction of sp³-hybridized carbons (Fsp3) is 0.300. The molecular formula is C10H11FN2O2S. The Labute approximate surface area is 93.8 Å². The largest absolute Gasteiger partial charge is 0.279 e. The number of hydrogen-bond acceptors (Lipinski definition) is 3. The summed E-state index contributed by atoms with van der Waals surface area (Å²) in [5.41, 5.74) is 0.543. The molecule has 1 aromatic carbocycles. The number of halogens is 1. The number of rotatable bonds is 3. The second-order valence-corrected chi connectivity index (χ2v) is 5.40. The average molecular weight is 242 g/mol. The van der Waals surface area contributed by atoms with E-state index < -0.39 is 21.1 Å². The molecule has 0 saturated carbocycles. The van der Waals surface area contributed by atoms with Crippen LogP contribution in [0.1, 0.15) is 12.5 Å². The molecule has 0 radical (unpaired) electrons. The zero-order chi connectivity index (χ0) is 12.3. The first kappa shape index (κ1) is 12.5. The molecule has 0 spiro atoms. The van der Waals surface area contributed by atoms with E-state index in [0.29, 0.717) is 5.56 Å². The molecule has 1 N–H and O–H groups in total. The van der Waals surface area contributed by atoms with Crippen molar-refractivity contribution in [1.82, 2.24) is 0 Å². The topological polar surface area (TPSA) is 70.0 Å². The number of nitrogens with zero attached hydrogens (tertiary/aromatic N) is 1. The molecule has 4 nitrogen and oxygen atoms in total. The molecule has 0 amide bonds. The fourth-order valence-electron chi connectivity index (χ4n) is 1.01. The van der Waals surface area contributed by atoms with E-state index in [0.717, 1.165) is 0 Å². The third-order valence-corrected chi connectivity index (χ3v) is 3.56. The first-order chi connectivity index (χ1) is 7.36. The van der Waals surface area contributed by atoms with Gasteiger partial charge in [0.15, 0.2) is 5.25 Å². The van der Waals surface area contributed by atoms with E-state index in [9.17, 15) is 12.8 Å². The van der Waals surface area contributed by atoms with Crippen molar-refractivity contribution in [2.75, 3.05) is 4.72 Å². The van der Waals surface area contributed by atoms with Gasteiger partial charge in [0.25, 0.3) is 0 Å². The summed E-state index contributed by atoms with van der Waals surface area (Å²) in [6, 6.07) is 5.71. The Morgan fingerprint density at radius 2 is 2.12 bits per heavy atom. The molecule has 0 aliphatic heterocycles. The summed E-state index contributed by atoms with van der Waals surface area (Å²) in [7, 11) is -3.85. The normalized spacial score (nSPS) is 12.9. The third kappa shape index (κ3) is 2.70. The van der Waals surface area contributed by atoms with Gasteiger partial charge in [-0.05, 0) is 31.5 Å². The van der Waals surface area contributed by atoms with Crippen molar-refractivity contribution in [3.8, 4) is 6.07 Å². The maximum atomic E-state index is 13.3. The van der Waals surface area contributed by atoms with E-state index in [1.807, 2.05) is 4.72 Å². The zero-order valence-corrected chi connectivity index (χ0v) is 9.68. The Bertz CT molecular complexity index is 534. The van der Waals surface area contributed by atoms with Crippen LogP contribution in [-0.2, 0) is 10.0 Å². The summed E-state index contributed by atoms with van der Waals surface area (Å²) in [4.78, 5) is 0. The lowest BCUT2D eigenvalue weighted by Gasteiger charge is -2.10. The summed E-state index contributed by atoms with van der Waals surface area (Å²) in [5, 5.41) is 7.27. The van der Waals surface area contributed by atoms with Crippen LogP contribution in [0, 0.1) is 24.1 Å². The Morgan fingerprint density at radius 3 is 2.62 bits per heavy atom. The monoisotopic (exact) mass is 242 g/mol. The van der Waals surface area contributed by atoms with Gasteiger partial charge in [-0.15, -0.1) is 0 Å². The number of nitrogens with one attached hydrogen (secondary N) is 1. The predicted molar refractivity (Wildman–Crippen MR) is 58.8 cm³/mol. The van der Waals surface area contributed by atoms with Crippen molar-refractivity contribution in [3.63, 3.8) is 0 Å². The summed E-state index contributed by atoms with van der Waals surface area (Å²) >= 11 is 0. The van der Waals surface area contributed by atoms with Crippen LogP contribution in [0.5, 0.6) is 0 Å². The maximum absolute atomic E-state index is 13.3. The molecule has 86 valence electrons. The SMILES string of the molecule is Cc1ccc(NS(=O)(=O)C(C)C#N)c(F)c1. The van der Waals surface area contributed by atoms with Gasteiger partial charge in [-0.3, -0.25) is 4.72 Å². The summed E-state index contributed by atoms with van der Waals surface area (Å²) in [6.45, 7) is 2.92. The van der Waals surface area contributed by atoms with Crippen molar-refractivity contribution in [2.24, 2.45) is 0 Å². The van der Waals surface area contributed by atoms with E-state index in [1.165, 1.54) is 19.1 Å². The molecular weight excluding hydrogens is 231 g/mol. The van der Waals surface area contributed by atoms with Crippen molar-refractivity contribution in [2.45, 2.75) is 19.1 Å². The predicted octanol–water partition coefficient (Wildman–Crippen LogP) is 1.79. The second-order valence-electron chi connectivity index (χ2n) is 3.40. The molecule has 0 bridgehead atoms. The Hall–Kier alpha value is -1.61. The van der Waals surface area contributed by atoms with Crippen molar-refractivity contribution in [3.05, 3.63) is 29.6 Å². The van der Waals surface area contributed by atoms with Crippen LogP contribution in [0.15, 0.2) is 18.2 Å². The van der Waals surface area contributed by atoms with Crippen LogP contribution < -0.4 is 4.72 Å². The molecule has 0 aliphatic carbocycles. The fourth-order valence-corrected chi connectivity index (χ4v) is 1.80. The van der Waals surface area contributed by atoms with Gasteiger partial charge in [0.05, 0.1) is 11.8 Å². The summed E-state index contributed by atoms with van der Waals surface area (Å²) < 4.78 is 38.3. The first-order valence-electron chi connectivity index (χ1n) is 4.54. The molecule has 0 fully saturated rings.